The molecule has 1 atom stereocenters. The van der Waals surface area contributed by atoms with E-state index in [4.69, 9.17) is 9.98 Å². The van der Waals surface area contributed by atoms with Crippen LogP contribution in [-0.2, 0) is 5.41 Å². The van der Waals surface area contributed by atoms with Gasteiger partial charge in [-0.25, -0.2) is 9.98 Å². The van der Waals surface area contributed by atoms with Gasteiger partial charge in [0.15, 0.2) is 17.3 Å². The highest BCUT2D eigenvalue weighted by molar-refractivity contribution is 6.21. The summed E-state index contributed by atoms with van der Waals surface area (Å²) in [5, 5.41) is 24.5. The predicted molar refractivity (Wildman–Crippen MR) is 139 cm³/mol. The molecule has 4 rings (SSSR count). The van der Waals surface area contributed by atoms with Crippen molar-refractivity contribution in [3.63, 3.8) is 0 Å². The summed E-state index contributed by atoms with van der Waals surface area (Å²) in [5.74, 6) is 0.452. The van der Waals surface area contributed by atoms with Crippen molar-refractivity contribution in [2.45, 2.75) is 71.6 Å². The van der Waals surface area contributed by atoms with Gasteiger partial charge < -0.3 is 4.90 Å². The van der Waals surface area contributed by atoms with E-state index in [0.717, 1.165) is 42.6 Å². The van der Waals surface area contributed by atoms with Gasteiger partial charge in [0.2, 0.25) is 0 Å². The molecule has 0 saturated heterocycles. The number of unbranched alkanes of at least 4 members (excludes halogenated alkanes) is 1. The van der Waals surface area contributed by atoms with E-state index >= 15 is 0 Å². The van der Waals surface area contributed by atoms with Gasteiger partial charge in [0.05, 0.1) is 5.70 Å². The summed E-state index contributed by atoms with van der Waals surface area (Å²) < 4.78 is 1.19. The Labute approximate surface area is 212 Å². The highest BCUT2D eigenvalue weighted by Crippen LogP contribution is 2.48. The summed E-state index contributed by atoms with van der Waals surface area (Å²) in [6.45, 7) is 10.0. The van der Waals surface area contributed by atoms with Crippen LogP contribution < -0.4 is 4.90 Å². The van der Waals surface area contributed by atoms with Crippen molar-refractivity contribution in [1.82, 2.24) is 14.8 Å². The zero-order valence-corrected chi connectivity index (χ0v) is 21.8. The van der Waals surface area contributed by atoms with Gasteiger partial charge in [0.1, 0.15) is 23.4 Å². The summed E-state index contributed by atoms with van der Waals surface area (Å²) >= 11 is 0. The lowest BCUT2D eigenvalue weighted by molar-refractivity contribution is 0.0941. The lowest BCUT2D eigenvalue weighted by Crippen LogP contribution is -2.29. The van der Waals surface area contributed by atoms with Crippen LogP contribution in [0.5, 0.6) is 0 Å². The molecule has 0 radical (unpaired) electrons. The topological polar surface area (TPSA) is 111 Å². The molecule has 0 saturated carbocycles. The van der Waals surface area contributed by atoms with Gasteiger partial charge in [-0.3, -0.25) is 4.79 Å². The Kier molecular flexibility index (Phi) is 6.65. The first-order chi connectivity index (χ1) is 17.2. The van der Waals surface area contributed by atoms with Gasteiger partial charge in [0.25, 0.3) is 5.91 Å². The normalized spacial score (nSPS) is 19.6. The summed E-state index contributed by atoms with van der Waals surface area (Å²) in [5.41, 5.74) is 3.32. The van der Waals surface area contributed by atoms with Crippen molar-refractivity contribution in [2.24, 2.45) is 4.99 Å². The second-order valence-electron chi connectivity index (χ2n) is 9.84. The van der Waals surface area contributed by atoms with Crippen LogP contribution in [-0.4, -0.2) is 33.4 Å². The number of allylic oxidation sites excluding steroid dienone is 4. The first-order valence-corrected chi connectivity index (χ1v) is 12.4. The standard InChI is InChI=1S/C28H31N7O/c1-7-9-12-18(8-2)25-32-26-23(17(3)19(15-29)27(36)35(26)33-25)31-21(16-30)24-28(4,5)20-13-10-11-14-22(20)34(24)6/h10-11,13-14,18H,7-9,12H2,1-6H3/b24-21+,31-23-. The van der Waals surface area contributed by atoms with Crippen LogP contribution in [0.4, 0.5) is 5.69 Å². The van der Waals surface area contributed by atoms with Crippen molar-refractivity contribution in [3.05, 3.63) is 64.0 Å². The molecule has 0 amide bonds. The number of carbonyl (C=O) groups is 1. The van der Waals surface area contributed by atoms with E-state index in [9.17, 15) is 15.3 Å². The second-order valence-corrected chi connectivity index (χ2v) is 9.84. The van der Waals surface area contributed by atoms with Crippen molar-refractivity contribution in [2.75, 3.05) is 11.9 Å². The first kappa shape index (κ1) is 25.1. The lowest BCUT2D eigenvalue weighted by Gasteiger charge is -2.25. The van der Waals surface area contributed by atoms with Crippen molar-refractivity contribution < 1.29 is 4.79 Å². The number of fused-ring (bicyclic) bond motifs is 2. The molecule has 184 valence electrons. The number of aromatic nitrogens is 3. The number of hydrogen-bond acceptors (Lipinski definition) is 7. The number of nitriles is 2. The van der Waals surface area contributed by atoms with Crippen LogP contribution in [0.25, 0.3) is 0 Å². The Morgan fingerprint density at radius 1 is 1.22 bits per heavy atom. The number of anilines is 1. The van der Waals surface area contributed by atoms with Crippen LogP contribution >= 0.6 is 0 Å². The number of carbonyl (C=O) groups excluding carboxylic acids is 1. The van der Waals surface area contributed by atoms with E-state index in [1.54, 1.807) is 6.92 Å². The summed E-state index contributed by atoms with van der Waals surface area (Å²) in [6.07, 6.45) is 3.84. The Balaban J connectivity index is 1.93. The van der Waals surface area contributed by atoms with Crippen LogP contribution in [0.1, 0.15) is 88.2 Å². The molecule has 1 unspecified atom stereocenters. The number of hydrogen-bond donors (Lipinski definition) is 0. The molecule has 0 aliphatic carbocycles. The first-order valence-electron chi connectivity index (χ1n) is 12.4. The third-order valence-corrected chi connectivity index (χ3v) is 7.27. The molecule has 0 fully saturated rings. The SMILES string of the molecule is CCCCC(CC)c1nc2n(n1)C(=O)C(C#N)=C(C)/C2=N/C(C#N)=C1/N(C)c2ccccc2C1(C)C. The van der Waals surface area contributed by atoms with Gasteiger partial charge in [-0.15, -0.1) is 5.10 Å². The number of likely N-dealkylation sites (N-methyl/N-ethyl adjacent to an activating group) is 1. The molecule has 2 aromatic rings. The fourth-order valence-electron chi connectivity index (χ4n) is 5.24. The molecule has 1 aromatic carbocycles. The van der Waals surface area contributed by atoms with Gasteiger partial charge in [-0.05, 0) is 31.4 Å². The maximum absolute atomic E-state index is 13.1. The predicted octanol–water partition coefficient (Wildman–Crippen LogP) is 5.41. The number of nitrogens with zero attached hydrogens (tertiary/aromatic N) is 7. The van der Waals surface area contributed by atoms with E-state index in [2.05, 4.69) is 44.9 Å². The Bertz CT molecular complexity index is 1410. The van der Waals surface area contributed by atoms with E-state index in [1.807, 2.05) is 36.2 Å². The van der Waals surface area contributed by atoms with Crippen LogP contribution in [0.2, 0.25) is 0 Å². The van der Waals surface area contributed by atoms with E-state index < -0.39 is 11.3 Å². The monoisotopic (exact) mass is 481 g/mol. The average Bonchev–Trinajstić information content (AvgIpc) is 3.39. The highest BCUT2D eigenvalue weighted by Gasteiger charge is 2.41. The maximum Gasteiger partial charge on any atom is 0.291 e. The third kappa shape index (κ3) is 3.83. The second kappa shape index (κ2) is 9.54. The third-order valence-electron chi connectivity index (χ3n) is 7.27. The highest BCUT2D eigenvalue weighted by atomic mass is 16.2. The minimum atomic E-state index is -0.509. The molecule has 1 aromatic heterocycles. The molecule has 0 N–H and O–H groups in total. The van der Waals surface area contributed by atoms with Gasteiger partial charge >= 0.3 is 0 Å². The molecule has 0 spiro atoms. The zero-order valence-electron chi connectivity index (χ0n) is 21.8. The molecule has 8 nitrogen and oxygen atoms in total. The summed E-state index contributed by atoms with van der Waals surface area (Å²) in [7, 11) is 1.93. The summed E-state index contributed by atoms with van der Waals surface area (Å²) in [4.78, 5) is 24.6. The summed E-state index contributed by atoms with van der Waals surface area (Å²) in [6, 6.07) is 12.3. The van der Waals surface area contributed by atoms with E-state index in [-0.39, 0.29) is 23.0 Å². The van der Waals surface area contributed by atoms with Crippen molar-refractivity contribution in [1.29, 1.82) is 10.5 Å². The minimum Gasteiger partial charge on any atom is -0.345 e. The maximum atomic E-state index is 13.1. The number of benzene rings is 1. The lowest BCUT2D eigenvalue weighted by atomic mass is 9.83. The number of para-hydroxylation sites is 1. The quantitative estimate of drug-likeness (QED) is 0.510. The van der Waals surface area contributed by atoms with E-state index in [0.29, 0.717) is 17.1 Å². The van der Waals surface area contributed by atoms with Crippen molar-refractivity contribution in [3.8, 4) is 12.1 Å². The molecule has 0 bridgehead atoms. The van der Waals surface area contributed by atoms with E-state index in [1.165, 1.54) is 4.68 Å². The average molecular weight is 482 g/mol. The van der Waals surface area contributed by atoms with Gasteiger partial charge in [-0.2, -0.15) is 15.2 Å². The smallest absolute Gasteiger partial charge is 0.291 e. The molecule has 2 aliphatic heterocycles. The minimum absolute atomic E-state index is 0.0380. The van der Waals surface area contributed by atoms with Crippen LogP contribution in [0.15, 0.2) is 51.8 Å². The zero-order chi connectivity index (χ0) is 26.2. The Hall–Kier alpha value is -4.04. The molecule has 8 heteroatoms. The fourth-order valence-corrected chi connectivity index (χ4v) is 5.24. The van der Waals surface area contributed by atoms with Crippen LogP contribution in [0, 0.1) is 22.7 Å². The molecule has 36 heavy (non-hydrogen) atoms. The number of aliphatic imine (C=N–C) groups is 1. The molecular weight excluding hydrogens is 450 g/mol. The van der Waals surface area contributed by atoms with Crippen LogP contribution in [0.3, 0.4) is 0 Å². The fraction of sp³-hybridized carbons (Fsp3) is 0.429. The van der Waals surface area contributed by atoms with Gasteiger partial charge in [-0.1, -0.05) is 58.7 Å². The Morgan fingerprint density at radius 2 is 1.94 bits per heavy atom. The van der Waals surface area contributed by atoms with Crippen molar-refractivity contribution >= 4 is 17.3 Å². The Morgan fingerprint density at radius 3 is 2.56 bits per heavy atom. The van der Waals surface area contributed by atoms with Gasteiger partial charge in [0, 0.05) is 29.6 Å². The molecular formula is C28H31N7O. The molecule has 3 heterocycles. The number of rotatable bonds is 6. The molecule has 2 aliphatic rings. The largest absolute Gasteiger partial charge is 0.345 e.